The van der Waals surface area contributed by atoms with Crippen LogP contribution in [0.2, 0.25) is 0 Å². The van der Waals surface area contributed by atoms with Crippen LogP contribution >= 0.6 is 0 Å². The van der Waals surface area contributed by atoms with Gasteiger partial charge in [-0.05, 0) is 42.0 Å². The zero-order chi connectivity index (χ0) is 14.5. The van der Waals surface area contributed by atoms with E-state index in [4.69, 9.17) is 0 Å². The summed E-state index contributed by atoms with van der Waals surface area (Å²) in [6.07, 6.45) is 6.82. The number of pyridine rings is 1. The van der Waals surface area contributed by atoms with E-state index in [9.17, 15) is 5.11 Å². The first-order chi connectivity index (χ1) is 10.3. The topological polar surface area (TPSA) is 70.9 Å². The van der Waals surface area contributed by atoms with Crippen molar-refractivity contribution in [1.29, 1.82) is 0 Å². The molecule has 0 saturated heterocycles. The molecule has 5 nitrogen and oxygen atoms in total. The van der Waals surface area contributed by atoms with Gasteiger partial charge in [0.15, 0.2) is 5.82 Å². The second-order valence-electron chi connectivity index (χ2n) is 4.51. The minimum absolute atomic E-state index is 0.230. The fraction of sp³-hybridized carbons (Fsp3) is 0.0625. The van der Waals surface area contributed by atoms with E-state index >= 15 is 0 Å². The SMILES string of the molecule is Oc1ccc(-c2nccnc2NCc2ccncc2)cc1. The van der Waals surface area contributed by atoms with Crippen LogP contribution in [-0.4, -0.2) is 20.1 Å². The highest BCUT2D eigenvalue weighted by atomic mass is 16.3. The molecule has 0 saturated carbocycles. The molecule has 21 heavy (non-hydrogen) atoms. The minimum Gasteiger partial charge on any atom is -0.508 e. The van der Waals surface area contributed by atoms with Crippen molar-refractivity contribution in [2.45, 2.75) is 6.54 Å². The van der Waals surface area contributed by atoms with Gasteiger partial charge in [-0.1, -0.05) is 0 Å². The molecule has 0 spiro atoms. The first-order valence-corrected chi connectivity index (χ1v) is 6.56. The molecule has 3 rings (SSSR count). The smallest absolute Gasteiger partial charge is 0.152 e. The van der Waals surface area contributed by atoms with E-state index in [1.165, 1.54) is 0 Å². The molecular weight excluding hydrogens is 264 g/mol. The Morgan fingerprint density at radius 3 is 2.33 bits per heavy atom. The highest BCUT2D eigenvalue weighted by molar-refractivity contribution is 5.71. The lowest BCUT2D eigenvalue weighted by molar-refractivity contribution is 0.475. The normalized spacial score (nSPS) is 10.3. The van der Waals surface area contributed by atoms with Gasteiger partial charge in [0.25, 0.3) is 0 Å². The highest BCUT2D eigenvalue weighted by Gasteiger charge is 2.07. The molecule has 0 radical (unpaired) electrons. The van der Waals surface area contributed by atoms with Crippen LogP contribution in [0.4, 0.5) is 5.82 Å². The Labute approximate surface area is 122 Å². The Bertz CT molecular complexity index is 714. The summed E-state index contributed by atoms with van der Waals surface area (Å²) in [6.45, 7) is 0.645. The van der Waals surface area contributed by atoms with E-state index in [1.807, 2.05) is 24.3 Å². The van der Waals surface area contributed by atoms with E-state index in [2.05, 4.69) is 20.3 Å². The molecule has 5 heteroatoms. The summed E-state index contributed by atoms with van der Waals surface area (Å²) in [7, 11) is 0. The average molecular weight is 278 g/mol. The molecule has 2 N–H and O–H groups in total. The number of aromatic nitrogens is 3. The fourth-order valence-electron chi connectivity index (χ4n) is 1.98. The summed E-state index contributed by atoms with van der Waals surface area (Å²) < 4.78 is 0. The van der Waals surface area contributed by atoms with Crippen molar-refractivity contribution in [1.82, 2.24) is 15.0 Å². The summed E-state index contributed by atoms with van der Waals surface area (Å²) in [5.74, 6) is 0.939. The van der Waals surface area contributed by atoms with Crippen LogP contribution in [0.15, 0.2) is 61.2 Å². The van der Waals surface area contributed by atoms with Crippen LogP contribution in [-0.2, 0) is 6.54 Å². The number of hydrogen-bond acceptors (Lipinski definition) is 5. The second-order valence-corrected chi connectivity index (χ2v) is 4.51. The van der Waals surface area contributed by atoms with E-state index < -0.39 is 0 Å². The monoisotopic (exact) mass is 278 g/mol. The predicted octanol–water partition coefficient (Wildman–Crippen LogP) is 2.86. The molecule has 0 aliphatic carbocycles. The van der Waals surface area contributed by atoms with Gasteiger partial charge >= 0.3 is 0 Å². The molecule has 0 unspecified atom stereocenters. The van der Waals surface area contributed by atoms with Gasteiger partial charge in [-0.15, -0.1) is 0 Å². The van der Waals surface area contributed by atoms with Crippen molar-refractivity contribution in [3.8, 4) is 17.0 Å². The molecule has 0 fully saturated rings. The quantitative estimate of drug-likeness (QED) is 0.768. The number of rotatable bonds is 4. The van der Waals surface area contributed by atoms with E-state index in [-0.39, 0.29) is 5.75 Å². The van der Waals surface area contributed by atoms with Crippen LogP contribution < -0.4 is 5.32 Å². The van der Waals surface area contributed by atoms with Gasteiger partial charge in [0.1, 0.15) is 11.4 Å². The first kappa shape index (κ1) is 13.1. The molecule has 0 aliphatic rings. The van der Waals surface area contributed by atoms with E-state index in [0.29, 0.717) is 12.4 Å². The number of phenols is 1. The minimum atomic E-state index is 0.230. The summed E-state index contributed by atoms with van der Waals surface area (Å²) >= 11 is 0. The zero-order valence-electron chi connectivity index (χ0n) is 11.3. The van der Waals surface area contributed by atoms with Crippen LogP contribution in [0.3, 0.4) is 0 Å². The molecule has 2 heterocycles. The Kier molecular flexibility index (Phi) is 3.73. The van der Waals surface area contributed by atoms with Crippen LogP contribution in [0.25, 0.3) is 11.3 Å². The lowest BCUT2D eigenvalue weighted by atomic mass is 10.1. The number of nitrogens with one attached hydrogen (secondary N) is 1. The van der Waals surface area contributed by atoms with Crippen LogP contribution in [0.1, 0.15) is 5.56 Å². The Hall–Kier alpha value is -2.95. The highest BCUT2D eigenvalue weighted by Crippen LogP contribution is 2.25. The largest absolute Gasteiger partial charge is 0.508 e. The van der Waals surface area contributed by atoms with Gasteiger partial charge in [-0.25, -0.2) is 4.98 Å². The fourth-order valence-corrected chi connectivity index (χ4v) is 1.98. The Morgan fingerprint density at radius 1 is 0.857 bits per heavy atom. The lowest BCUT2D eigenvalue weighted by Gasteiger charge is -2.10. The standard InChI is InChI=1S/C16H14N4O/c21-14-3-1-13(2-4-14)15-16(19-10-9-18-15)20-11-12-5-7-17-8-6-12/h1-10,21H,11H2,(H,19,20). The molecule has 1 aromatic carbocycles. The van der Waals surface area contributed by atoms with Crippen molar-refractivity contribution in [3.05, 3.63) is 66.7 Å². The van der Waals surface area contributed by atoms with Gasteiger partial charge in [0.05, 0.1) is 0 Å². The van der Waals surface area contributed by atoms with Crippen molar-refractivity contribution < 1.29 is 5.11 Å². The zero-order valence-corrected chi connectivity index (χ0v) is 11.3. The molecule has 104 valence electrons. The lowest BCUT2D eigenvalue weighted by Crippen LogP contribution is -2.04. The molecule has 0 aliphatic heterocycles. The van der Waals surface area contributed by atoms with E-state index in [0.717, 1.165) is 16.8 Å². The number of hydrogen-bond donors (Lipinski definition) is 2. The number of nitrogens with zero attached hydrogens (tertiary/aromatic N) is 3. The third-order valence-corrected chi connectivity index (χ3v) is 3.05. The maximum atomic E-state index is 9.37. The van der Waals surface area contributed by atoms with Gasteiger partial charge in [0.2, 0.25) is 0 Å². The second kappa shape index (κ2) is 6.00. The Morgan fingerprint density at radius 2 is 1.57 bits per heavy atom. The molecular formula is C16H14N4O. The summed E-state index contributed by atoms with van der Waals surface area (Å²) in [4.78, 5) is 12.7. The first-order valence-electron chi connectivity index (χ1n) is 6.56. The molecule has 3 aromatic rings. The molecule has 0 atom stereocenters. The maximum absolute atomic E-state index is 9.37. The van der Waals surface area contributed by atoms with Gasteiger partial charge in [-0.3, -0.25) is 9.97 Å². The van der Waals surface area contributed by atoms with Gasteiger partial charge in [0, 0.05) is 36.9 Å². The number of aromatic hydroxyl groups is 1. The third-order valence-electron chi connectivity index (χ3n) is 3.05. The maximum Gasteiger partial charge on any atom is 0.152 e. The predicted molar refractivity (Wildman–Crippen MR) is 80.7 cm³/mol. The van der Waals surface area contributed by atoms with E-state index in [1.54, 1.807) is 36.9 Å². The van der Waals surface area contributed by atoms with Crippen molar-refractivity contribution in [2.24, 2.45) is 0 Å². The summed E-state index contributed by atoms with van der Waals surface area (Å²) in [5.41, 5.74) is 2.77. The van der Waals surface area contributed by atoms with Crippen LogP contribution in [0.5, 0.6) is 5.75 Å². The summed E-state index contributed by atoms with van der Waals surface area (Å²) in [6, 6.07) is 10.8. The van der Waals surface area contributed by atoms with Crippen molar-refractivity contribution in [3.63, 3.8) is 0 Å². The molecule has 0 bridgehead atoms. The number of phenolic OH excluding ortho intramolecular Hbond substituents is 1. The summed E-state index contributed by atoms with van der Waals surface area (Å²) in [5, 5.41) is 12.6. The third kappa shape index (κ3) is 3.14. The number of benzene rings is 1. The Balaban J connectivity index is 1.84. The van der Waals surface area contributed by atoms with Gasteiger partial charge < -0.3 is 10.4 Å². The van der Waals surface area contributed by atoms with Crippen molar-refractivity contribution in [2.75, 3.05) is 5.32 Å². The van der Waals surface area contributed by atoms with Crippen LogP contribution in [0, 0.1) is 0 Å². The molecule has 0 amide bonds. The van der Waals surface area contributed by atoms with Gasteiger partial charge in [-0.2, -0.15) is 0 Å². The average Bonchev–Trinajstić information content (AvgIpc) is 2.55. The number of anilines is 1. The van der Waals surface area contributed by atoms with Crippen molar-refractivity contribution >= 4 is 5.82 Å². The molecule has 2 aromatic heterocycles.